The summed E-state index contributed by atoms with van der Waals surface area (Å²) < 4.78 is 1.43. The molecule has 0 spiro atoms. The summed E-state index contributed by atoms with van der Waals surface area (Å²) in [6.45, 7) is 1.93. The quantitative estimate of drug-likeness (QED) is 0.679. The van der Waals surface area contributed by atoms with Crippen LogP contribution < -0.4 is 5.32 Å². The molecular weight excluding hydrogens is 444 g/mol. The first-order chi connectivity index (χ1) is 12.9. The number of carbonyl (C=O) groups is 2. The van der Waals surface area contributed by atoms with Gasteiger partial charge in [-0.1, -0.05) is 28.1 Å². The van der Waals surface area contributed by atoms with Crippen LogP contribution in [0.4, 0.5) is 5.69 Å². The van der Waals surface area contributed by atoms with Gasteiger partial charge < -0.3 is 10.2 Å². The van der Waals surface area contributed by atoms with Gasteiger partial charge in [-0.25, -0.2) is 0 Å². The number of rotatable bonds is 5. The normalized spacial score (nSPS) is 14.2. The van der Waals surface area contributed by atoms with Gasteiger partial charge in [0.05, 0.1) is 11.1 Å². The van der Waals surface area contributed by atoms with Crippen LogP contribution in [0.25, 0.3) is 0 Å². The summed E-state index contributed by atoms with van der Waals surface area (Å²) in [6.07, 6.45) is 0. The first-order valence-corrected chi connectivity index (χ1v) is 11.5. The van der Waals surface area contributed by atoms with E-state index >= 15 is 0 Å². The molecule has 3 rings (SSSR count). The maximum atomic E-state index is 12.6. The second kappa shape index (κ2) is 9.17. The molecule has 0 saturated carbocycles. The molecular formula is C20H21BrN2O2S2. The highest BCUT2D eigenvalue weighted by Crippen LogP contribution is 2.45. The number of nitrogens with zero attached hydrogens (tertiary/aromatic N) is 1. The summed E-state index contributed by atoms with van der Waals surface area (Å²) in [4.78, 5) is 26.3. The van der Waals surface area contributed by atoms with Crippen LogP contribution in [0.3, 0.4) is 0 Å². The number of hydrogen-bond donors (Lipinski definition) is 1. The number of likely N-dealkylation sites (N-methyl/N-ethyl adjacent to an activating group) is 1. The zero-order valence-electron chi connectivity index (χ0n) is 15.2. The van der Waals surface area contributed by atoms with Gasteiger partial charge in [0, 0.05) is 34.3 Å². The van der Waals surface area contributed by atoms with Crippen molar-refractivity contribution in [3.05, 3.63) is 63.6 Å². The lowest BCUT2D eigenvalue weighted by atomic mass is 10.1. The van der Waals surface area contributed by atoms with E-state index in [9.17, 15) is 9.59 Å². The Morgan fingerprint density at radius 1 is 1.15 bits per heavy atom. The average Bonchev–Trinajstić information content (AvgIpc) is 3.18. The van der Waals surface area contributed by atoms with Crippen molar-refractivity contribution in [3.63, 3.8) is 0 Å². The highest BCUT2D eigenvalue weighted by atomic mass is 79.9. The van der Waals surface area contributed by atoms with Crippen molar-refractivity contribution in [2.75, 3.05) is 30.4 Å². The molecule has 2 aromatic carbocycles. The first-order valence-electron chi connectivity index (χ1n) is 8.58. The summed E-state index contributed by atoms with van der Waals surface area (Å²) in [6, 6.07) is 13.4. The minimum atomic E-state index is -0.216. The van der Waals surface area contributed by atoms with Gasteiger partial charge in [-0.15, -0.1) is 23.5 Å². The molecule has 2 aromatic rings. The lowest BCUT2D eigenvalue weighted by molar-refractivity contribution is -0.116. The maximum absolute atomic E-state index is 12.6. The molecule has 0 aliphatic carbocycles. The number of benzene rings is 2. The SMILES string of the molecule is Cc1cc(Br)ccc1NC(=O)CN(C)C(=O)c1ccc(C2SCCS2)cc1. The van der Waals surface area contributed by atoms with Crippen molar-refractivity contribution < 1.29 is 9.59 Å². The summed E-state index contributed by atoms with van der Waals surface area (Å²) in [5.41, 5.74) is 3.55. The molecule has 1 aliphatic heterocycles. The molecule has 0 unspecified atom stereocenters. The monoisotopic (exact) mass is 464 g/mol. The lowest BCUT2D eigenvalue weighted by Crippen LogP contribution is -2.35. The van der Waals surface area contributed by atoms with Crippen molar-refractivity contribution in [2.45, 2.75) is 11.5 Å². The van der Waals surface area contributed by atoms with Crippen molar-refractivity contribution in [3.8, 4) is 0 Å². The zero-order chi connectivity index (χ0) is 19.4. The molecule has 0 aromatic heterocycles. The number of halogens is 1. The number of amides is 2. The molecule has 0 radical (unpaired) electrons. The van der Waals surface area contributed by atoms with Crippen LogP contribution in [0.2, 0.25) is 0 Å². The number of thioether (sulfide) groups is 2. The fraction of sp³-hybridized carbons (Fsp3) is 0.300. The number of hydrogen-bond acceptors (Lipinski definition) is 4. The summed E-state index contributed by atoms with van der Waals surface area (Å²) in [5.74, 6) is 1.97. The van der Waals surface area contributed by atoms with Gasteiger partial charge in [-0.3, -0.25) is 9.59 Å². The smallest absolute Gasteiger partial charge is 0.254 e. The molecule has 1 heterocycles. The second-order valence-corrected chi connectivity index (χ2v) is 10.0. The molecule has 1 saturated heterocycles. The maximum Gasteiger partial charge on any atom is 0.254 e. The van der Waals surface area contributed by atoms with Crippen LogP contribution in [0.1, 0.15) is 26.1 Å². The Balaban J connectivity index is 1.58. The number of aryl methyl sites for hydroxylation is 1. The Labute approximate surface area is 176 Å². The lowest BCUT2D eigenvalue weighted by Gasteiger charge is -2.18. The van der Waals surface area contributed by atoms with Crippen LogP contribution in [0.5, 0.6) is 0 Å². The van der Waals surface area contributed by atoms with Crippen LogP contribution in [-0.4, -0.2) is 41.8 Å². The molecule has 1 aliphatic rings. The van der Waals surface area contributed by atoms with Gasteiger partial charge in [-0.2, -0.15) is 0 Å². The Kier molecular flexibility index (Phi) is 6.89. The minimum absolute atomic E-state index is 0.00438. The predicted molar refractivity (Wildman–Crippen MR) is 119 cm³/mol. The third-order valence-electron chi connectivity index (χ3n) is 4.24. The molecule has 27 heavy (non-hydrogen) atoms. The average molecular weight is 465 g/mol. The largest absolute Gasteiger partial charge is 0.332 e. The van der Waals surface area contributed by atoms with E-state index in [1.807, 2.05) is 72.9 Å². The highest BCUT2D eigenvalue weighted by Gasteiger charge is 2.20. The van der Waals surface area contributed by atoms with E-state index in [1.54, 1.807) is 7.05 Å². The molecule has 0 atom stereocenters. The van der Waals surface area contributed by atoms with E-state index in [0.29, 0.717) is 10.1 Å². The topological polar surface area (TPSA) is 49.4 Å². The van der Waals surface area contributed by atoms with Gasteiger partial charge in [0.15, 0.2) is 0 Å². The summed E-state index contributed by atoms with van der Waals surface area (Å²) in [5, 5.41) is 2.86. The molecule has 1 N–H and O–H groups in total. The fourth-order valence-electron chi connectivity index (χ4n) is 2.80. The van der Waals surface area contributed by atoms with E-state index in [4.69, 9.17) is 0 Å². The van der Waals surface area contributed by atoms with E-state index in [-0.39, 0.29) is 18.4 Å². The van der Waals surface area contributed by atoms with Crippen molar-refractivity contribution in [1.82, 2.24) is 4.90 Å². The second-order valence-electron chi connectivity index (χ2n) is 6.36. The van der Waals surface area contributed by atoms with Crippen molar-refractivity contribution >= 4 is 57.0 Å². The van der Waals surface area contributed by atoms with E-state index < -0.39 is 0 Å². The van der Waals surface area contributed by atoms with E-state index in [1.165, 1.54) is 22.0 Å². The number of nitrogens with one attached hydrogen (secondary N) is 1. The molecule has 142 valence electrons. The number of carbonyl (C=O) groups excluding carboxylic acids is 2. The van der Waals surface area contributed by atoms with Gasteiger partial charge >= 0.3 is 0 Å². The van der Waals surface area contributed by atoms with Crippen LogP contribution >= 0.6 is 39.5 Å². The predicted octanol–water partition coefficient (Wildman–Crippen LogP) is 4.95. The Morgan fingerprint density at radius 2 is 1.81 bits per heavy atom. The summed E-state index contributed by atoms with van der Waals surface area (Å²) in [7, 11) is 1.65. The van der Waals surface area contributed by atoms with Gasteiger partial charge in [0.1, 0.15) is 0 Å². The third kappa shape index (κ3) is 5.30. The van der Waals surface area contributed by atoms with Gasteiger partial charge in [-0.05, 0) is 48.4 Å². The van der Waals surface area contributed by atoms with Crippen LogP contribution in [0, 0.1) is 6.92 Å². The molecule has 1 fully saturated rings. The van der Waals surface area contributed by atoms with Crippen LogP contribution in [0.15, 0.2) is 46.9 Å². The number of anilines is 1. The van der Waals surface area contributed by atoms with Crippen molar-refractivity contribution in [2.24, 2.45) is 0 Å². The van der Waals surface area contributed by atoms with Gasteiger partial charge in [0.2, 0.25) is 5.91 Å². The third-order valence-corrected chi connectivity index (χ3v) is 7.84. The molecule has 4 nitrogen and oxygen atoms in total. The van der Waals surface area contributed by atoms with Gasteiger partial charge in [0.25, 0.3) is 5.91 Å². The van der Waals surface area contributed by atoms with Crippen molar-refractivity contribution in [1.29, 1.82) is 0 Å². The fourth-order valence-corrected chi connectivity index (χ4v) is 6.13. The molecule has 0 bridgehead atoms. The zero-order valence-corrected chi connectivity index (χ0v) is 18.4. The van der Waals surface area contributed by atoms with E-state index in [2.05, 4.69) is 21.2 Å². The minimum Gasteiger partial charge on any atom is -0.332 e. The standard InChI is InChI=1S/C20H21BrN2O2S2/c1-13-11-16(21)7-8-17(13)22-18(24)12-23(2)19(25)14-3-5-15(6-4-14)20-26-9-10-27-20/h3-8,11,20H,9-10,12H2,1-2H3,(H,22,24). The molecule has 7 heteroatoms. The first kappa shape index (κ1) is 20.3. The van der Waals surface area contributed by atoms with E-state index in [0.717, 1.165) is 15.7 Å². The Hall–Kier alpha value is -1.44. The summed E-state index contributed by atoms with van der Waals surface area (Å²) >= 11 is 7.28. The van der Waals surface area contributed by atoms with Crippen LogP contribution in [-0.2, 0) is 4.79 Å². The Morgan fingerprint density at radius 3 is 2.44 bits per heavy atom. The Bertz CT molecular complexity index is 836. The molecule has 2 amide bonds. The highest BCUT2D eigenvalue weighted by molar-refractivity contribution is 9.10.